The van der Waals surface area contributed by atoms with Crippen LogP contribution in [0.25, 0.3) is 0 Å². The molecule has 34 heavy (non-hydrogen) atoms. The lowest BCUT2D eigenvalue weighted by atomic mass is 10.2. The van der Waals surface area contributed by atoms with Crippen molar-refractivity contribution in [2.45, 2.75) is 11.8 Å². The summed E-state index contributed by atoms with van der Waals surface area (Å²) in [4.78, 5) is 5.81. The van der Waals surface area contributed by atoms with Crippen LogP contribution in [0, 0.1) is 36.0 Å². The Morgan fingerprint density at radius 1 is 0.941 bits per heavy atom. The van der Waals surface area contributed by atoms with Gasteiger partial charge in [0.1, 0.15) is 17.3 Å². The molecule has 0 spiro atoms. The molecule has 0 fully saturated rings. The second kappa shape index (κ2) is 10.2. The van der Waals surface area contributed by atoms with Gasteiger partial charge < -0.3 is 14.8 Å². The van der Waals surface area contributed by atoms with Crippen molar-refractivity contribution in [3.8, 4) is 5.75 Å². The number of nitrogens with one attached hydrogen (secondary N) is 2. The van der Waals surface area contributed by atoms with Gasteiger partial charge >= 0.3 is 0 Å². The summed E-state index contributed by atoms with van der Waals surface area (Å²) in [5.41, 5.74) is -0.617. The maximum Gasteiger partial charge on any atom is 0.266 e. The Kier molecular flexibility index (Phi) is 7.51. The number of hydrogen-bond donors (Lipinski definition) is 2. The average Bonchev–Trinajstić information content (AvgIpc) is 2.79. The van der Waals surface area contributed by atoms with Gasteiger partial charge in [-0.25, -0.2) is 35.4 Å². The molecule has 1 aromatic heterocycles. The molecule has 0 saturated heterocycles. The lowest BCUT2D eigenvalue weighted by Gasteiger charge is -2.14. The van der Waals surface area contributed by atoms with Gasteiger partial charge in [-0.2, -0.15) is 4.98 Å². The predicted octanol–water partition coefficient (Wildman–Crippen LogP) is 4.05. The molecule has 2 N–H and O–H groups in total. The van der Waals surface area contributed by atoms with Crippen LogP contribution in [0.1, 0.15) is 5.56 Å². The second-order valence-electron chi connectivity index (χ2n) is 6.70. The molecule has 0 atom stereocenters. The van der Waals surface area contributed by atoms with E-state index >= 15 is 0 Å². The molecule has 0 aliphatic heterocycles. The van der Waals surface area contributed by atoms with E-state index in [1.807, 2.05) is 0 Å². The van der Waals surface area contributed by atoms with Crippen LogP contribution in [0.15, 0.2) is 35.4 Å². The number of methoxy groups -OCH3 is 1. The van der Waals surface area contributed by atoms with Gasteiger partial charge in [-0.3, -0.25) is 4.72 Å². The first kappa shape index (κ1) is 25.1. The minimum Gasteiger partial charge on any atom is -0.491 e. The summed E-state index contributed by atoms with van der Waals surface area (Å²) in [6.45, 7) is 1.44. The fourth-order valence-electron chi connectivity index (χ4n) is 2.72. The van der Waals surface area contributed by atoms with Gasteiger partial charge in [0.25, 0.3) is 10.0 Å². The highest BCUT2D eigenvalue weighted by Crippen LogP contribution is 2.29. The van der Waals surface area contributed by atoms with Crippen LogP contribution in [-0.2, 0) is 14.8 Å². The van der Waals surface area contributed by atoms with E-state index in [1.165, 1.54) is 7.11 Å². The van der Waals surface area contributed by atoms with Gasteiger partial charge in [-0.15, -0.1) is 0 Å². The minimum atomic E-state index is -5.12. The lowest BCUT2D eigenvalue weighted by molar-refractivity contribution is 0.146. The molecule has 3 aromatic rings. The number of sulfonamides is 1. The van der Waals surface area contributed by atoms with E-state index in [0.29, 0.717) is 30.8 Å². The van der Waals surface area contributed by atoms with Crippen molar-refractivity contribution >= 4 is 27.5 Å². The predicted molar refractivity (Wildman–Crippen MR) is 111 cm³/mol. The summed E-state index contributed by atoms with van der Waals surface area (Å²) in [6, 6.07) is 6.35. The quantitative estimate of drug-likeness (QED) is 0.196. The molecule has 3 rings (SSSR count). The smallest absolute Gasteiger partial charge is 0.266 e. The molecule has 0 amide bonds. The third kappa shape index (κ3) is 5.34. The number of halogens is 5. The van der Waals surface area contributed by atoms with Gasteiger partial charge in [0.2, 0.25) is 5.95 Å². The number of rotatable bonds is 9. The van der Waals surface area contributed by atoms with E-state index in [1.54, 1.807) is 29.0 Å². The zero-order valence-electron chi connectivity index (χ0n) is 17.6. The molecule has 0 aliphatic rings. The average molecular weight is 504 g/mol. The Labute approximate surface area is 190 Å². The van der Waals surface area contributed by atoms with Crippen LogP contribution in [0.2, 0.25) is 0 Å². The number of anilines is 3. The van der Waals surface area contributed by atoms with Gasteiger partial charge in [0, 0.05) is 18.4 Å². The van der Waals surface area contributed by atoms with Crippen molar-refractivity contribution in [1.29, 1.82) is 0 Å². The third-order valence-electron chi connectivity index (χ3n) is 4.36. The number of benzene rings is 2. The van der Waals surface area contributed by atoms with E-state index in [0.717, 1.165) is 6.92 Å². The van der Waals surface area contributed by atoms with Crippen molar-refractivity contribution in [2.75, 3.05) is 30.4 Å². The lowest BCUT2D eigenvalue weighted by Crippen LogP contribution is -2.20. The van der Waals surface area contributed by atoms with Crippen LogP contribution in [-0.4, -0.2) is 38.7 Å². The molecule has 0 saturated carbocycles. The molecule has 182 valence electrons. The minimum absolute atomic E-state index is 0.263. The fourth-order valence-corrected chi connectivity index (χ4v) is 4.04. The molecule has 0 radical (unpaired) electrons. The van der Waals surface area contributed by atoms with Crippen molar-refractivity contribution in [3.63, 3.8) is 0 Å². The monoisotopic (exact) mass is 504 g/mol. The number of ether oxygens (including phenoxy) is 2. The van der Waals surface area contributed by atoms with Crippen LogP contribution >= 0.6 is 0 Å². The number of nitrogens with zero attached hydrogens (tertiary/aromatic N) is 2. The standard InChI is InChI=1S/C20H17F5N4O4S/c1-10-14(22)15(23)16(24)17(25)18(10)34(30,31)29-19-13(21)9-26-20(28-19)27-11-3-5-12(6-4-11)33-8-7-32-2/h3-6,9H,7-8H2,1-2H3,(H2,26,27,28,29). The SMILES string of the molecule is COCCOc1ccc(Nc2ncc(F)c(NS(=O)(=O)c3c(C)c(F)c(F)c(F)c3F)n2)cc1. The summed E-state index contributed by atoms with van der Waals surface area (Å²) in [5, 5.41) is 2.69. The van der Waals surface area contributed by atoms with E-state index < -0.39 is 55.4 Å². The number of aromatic nitrogens is 2. The molecule has 2 aromatic carbocycles. The van der Waals surface area contributed by atoms with E-state index in [2.05, 4.69) is 15.3 Å². The highest BCUT2D eigenvalue weighted by atomic mass is 32.2. The van der Waals surface area contributed by atoms with Gasteiger partial charge in [0.15, 0.2) is 34.9 Å². The Morgan fingerprint density at radius 3 is 2.24 bits per heavy atom. The normalized spacial score (nSPS) is 11.4. The van der Waals surface area contributed by atoms with Crippen LogP contribution in [0.3, 0.4) is 0 Å². The largest absolute Gasteiger partial charge is 0.491 e. The van der Waals surface area contributed by atoms with Crippen molar-refractivity contribution in [3.05, 3.63) is 65.1 Å². The van der Waals surface area contributed by atoms with E-state index in [-0.39, 0.29) is 5.95 Å². The maximum atomic E-state index is 14.2. The van der Waals surface area contributed by atoms with Crippen LogP contribution < -0.4 is 14.8 Å². The van der Waals surface area contributed by atoms with E-state index in [4.69, 9.17) is 9.47 Å². The van der Waals surface area contributed by atoms with Crippen LogP contribution in [0.4, 0.5) is 39.4 Å². The summed E-state index contributed by atoms with van der Waals surface area (Å²) < 4.78 is 106. The molecule has 0 aliphatic carbocycles. The summed E-state index contributed by atoms with van der Waals surface area (Å²) >= 11 is 0. The molecule has 14 heteroatoms. The van der Waals surface area contributed by atoms with Gasteiger partial charge in [-0.05, 0) is 31.2 Å². The zero-order chi connectivity index (χ0) is 25.0. The van der Waals surface area contributed by atoms with Gasteiger partial charge in [-0.1, -0.05) is 0 Å². The first-order valence-electron chi connectivity index (χ1n) is 9.42. The topological polar surface area (TPSA) is 102 Å². The Balaban J connectivity index is 1.85. The van der Waals surface area contributed by atoms with Crippen LogP contribution in [0.5, 0.6) is 5.75 Å². The van der Waals surface area contributed by atoms with E-state index in [9.17, 15) is 30.4 Å². The first-order chi connectivity index (χ1) is 16.0. The number of hydrogen-bond acceptors (Lipinski definition) is 7. The highest BCUT2D eigenvalue weighted by molar-refractivity contribution is 7.92. The molecule has 1 heterocycles. The maximum absolute atomic E-state index is 14.2. The summed E-state index contributed by atoms with van der Waals surface area (Å²) in [6.07, 6.45) is 0.616. The molecular formula is C20H17F5N4O4S. The van der Waals surface area contributed by atoms with Crippen molar-refractivity contribution in [1.82, 2.24) is 9.97 Å². The summed E-state index contributed by atoms with van der Waals surface area (Å²) in [7, 11) is -3.59. The highest BCUT2D eigenvalue weighted by Gasteiger charge is 2.32. The Hall–Kier alpha value is -3.52. The molecular weight excluding hydrogens is 487 g/mol. The summed E-state index contributed by atoms with van der Waals surface area (Å²) in [5.74, 6) is -10.5. The fraction of sp³-hybridized carbons (Fsp3) is 0.200. The molecule has 0 unspecified atom stereocenters. The third-order valence-corrected chi connectivity index (χ3v) is 5.84. The zero-order valence-corrected chi connectivity index (χ0v) is 18.4. The van der Waals surface area contributed by atoms with Gasteiger partial charge in [0.05, 0.1) is 12.8 Å². The molecule has 0 bridgehead atoms. The van der Waals surface area contributed by atoms with Crippen molar-refractivity contribution in [2.24, 2.45) is 0 Å². The Bertz CT molecular complexity index is 1280. The van der Waals surface area contributed by atoms with Crippen molar-refractivity contribution < 1.29 is 39.8 Å². The molecule has 8 nitrogen and oxygen atoms in total. The Morgan fingerprint density at radius 2 is 1.59 bits per heavy atom. The second-order valence-corrected chi connectivity index (χ2v) is 8.32. The first-order valence-corrected chi connectivity index (χ1v) is 10.9.